The molecule has 3 rings (SSSR count). The SMILES string of the molecule is COC(=O)c1ccc2c(c1)NC(=O)C2=CCCCNc1ccc(N(C)C(=O)CN(C)C)cc1. The van der Waals surface area contributed by atoms with Crippen LogP contribution in [0.1, 0.15) is 28.8 Å². The van der Waals surface area contributed by atoms with Gasteiger partial charge in [0.1, 0.15) is 0 Å². The van der Waals surface area contributed by atoms with Gasteiger partial charge in [0.15, 0.2) is 0 Å². The second-order valence-corrected chi connectivity index (χ2v) is 8.13. The van der Waals surface area contributed by atoms with E-state index in [4.69, 9.17) is 4.74 Å². The van der Waals surface area contributed by atoms with Crippen LogP contribution in [0.4, 0.5) is 17.1 Å². The number of esters is 1. The van der Waals surface area contributed by atoms with E-state index in [0.29, 0.717) is 23.4 Å². The lowest BCUT2D eigenvalue weighted by molar-refractivity contribution is -0.119. The first-order chi connectivity index (χ1) is 15.8. The van der Waals surface area contributed by atoms with Crippen molar-refractivity contribution in [1.29, 1.82) is 0 Å². The lowest BCUT2D eigenvalue weighted by Crippen LogP contribution is -2.34. The van der Waals surface area contributed by atoms with Crippen LogP contribution in [0.5, 0.6) is 0 Å². The molecular weight excluding hydrogens is 420 g/mol. The number of carbonyl (C=O) groups is 3. The van der Waals surface area contributed by atoms with Gasteiger partial charge in [-0.05, 0) is 63.3 Å². The average molecular weight is 451 g/mol. The minimum Gasteiger partial charge on any atom is -0.465 e. The molecule has 0 bridgehead atoms. The smallest absolute Gasteiger partial charge is 0.337 e. The first-order valence-electron chi connectivity index (χ1n) is 10.8. The summed E-state index contributed by atoms with van der Waals surface area (Å²) in [6.07, 6.45) is 3.50. The normalized spacial score (nSPS) is 13.6. The number of ether oxygens (including phenoxy) is 1. The van der Waals surface area contributed by atoms with Crippen molar-refractivity contribution in [2.75, 3.05) is 56.9 Å². The van der Waals surface area contributed by atoms with E-state index in [1.54, 1.807) is 30.1 Å². The number of nitrogens with one attached hydrogen (secondary N) is 2. The molecule has 1 heterocycles. The number of benzene rings is 2. The molecule has 8 heteroatoms. The molecule has 0 unspecified atom stereocenters. The molecule has 2 aromatic rings. The molecular formula is C25H30N4O4. The summed E-state index contributed by atoms with van der Waals surface area (Å²) in [5, 5.41) is 6.17. The van der Waals surface area contributed by atoms with E-state index in [0.717, 1.165) is 36.3 Å². The fraction of sp³-hybridized carbons (Fsp3) is 0.320. The molecule has 1 aliphatic heterocycles. The van der Waals surface area contributed by atoms with E-state index in [2.05, 4.69) is 10.6 Å². The lowest BCUT2D eigenvalue weighted by atomic mass is 10.0. The van der Waals surface area contributed by atoms with Crippen molar-refractivity contribution in [3.8, 4) is 0 Å². The van der Waals surface area contributed by atoms with Gasteiger partial charge in [-0.3, -0.25) is 9.59 Å². The van der Waals surface area contributed by atoms with Crippen molar-refractivity contribution >= 4 is 40.4 Å². The minimum atomic E-state index is -0.435. The van der Waals surface area contributed by atoms with Gasteiger partial charge >= 0.3 is 5.97 Å². The van der Waals surface area contributed by atoms with Crippen LogP contribution in [0.25, 0.3) is 5.57 Å². The zero-order valence-corrected chi connectivity index (χ0v) is 19.5. The maximum atomic E-state index is 12.3. The number of fused-ring (bicyclic) bond motifs is 1. The topological polar surface area (TPSA) is 91.0 Å². The number of methoxy groups -OCH3 is 1. The molecule has 2 amide bonds. The Morgan fingerprint density at radius 2 is 1.82 bits per heavy atom. The highest BCUT2D eigenvalue weighted by molar-refractivity contribution is 6.31. The van der Waals surface area contributed by atoms with E-state index < -0.39 is 5.97 Å². The first kappa shape index (κ1) is 24.0. The zero-order valence-electron chi connectivity index (χ0n) is 19.5. The Morgan fingerprint density at radius 1 is 1.09 bits per heavy atom. The Hall–Kier alpha value is -3.65. The van der Waals surface area contributed by atoms with E-state index in [-0.39, 0.29) is 11.8 Å². The summed E-state index contributed by atoms with van der Waals surface area (Å²) in [6.45, 7) is 1.11. The van der Waals surface area contributed by atoms with Gasteiger partial charge in [0.05, 0.1) is 19.2 Å². The maximum absolute atomic E-state index is 12.3. The van der Waals surface area contributed by atoms with E-state index in [1.165, 1.54) is 7.11 Å². The number of amides is 2. The highest BCUT2D eigenvalue weighted by atomic mass is 16.5. The van der Waals surface area contributed by atoms with Gasteiger partial charge in [-0.15, -0.1) is 0 Å². The van der Waals surface area contributed by atoms with Gasteiger partial charge < -0.3 is 25.2 Å². The molecule has 33 heavy (non-hydrogen) atoms. The second-order valence-electron chi connectivity index (χ2n) is 8.13. The summed E-state index contributed by atoms with van der Waals surface area (Å²) in [7, 11) is 6.84. The number of allylic oxidation sites excluding steroid dienone is 1. The summed E-state index contributed by atoms with van der Waals surface area (Å²) in [6, 6.07) is 12.8. The fourth-order valence-electron chi connectivity index (χ4n) is 3.55. The monoisotopic (exact) mass is 450 g/mol. The number of likely N-dealkylation sites (N-methyl/N-ethyl adjacent to an activating group) is 2. The molecule has 0 aliphatic carbocycles. The molecule has 1 aliphatic rings. The Balaban J connectivity index is 1.50. The molecule has 8 nitrogen and oxygen atoms in total. The summed E-state index contributed by atoms with van der Waals surface area (Å²) < 4.78 is 4.73. The molecule has 2 N–H and O–H groups in total. The van der Waals surface area contributed by atoms with Crippen LogP contribution in [0.2, 0.25) is 0 Å². The Labute approximate surface area is 194 Å². The van der Waals surface area contributed by atoms with Crippen LogP contribution in [0, 0.1) is 0 Å². The number of hydrogen-bond acceptors (Lipinski definition) is 6. The molecule has 174 valence electrons. The van der Waals surface area contributed by atoms with Gasteiger partial charge in [-0.2, -0.15) is 0 Å². The number of nitrogens with zero attached hydrogens (tertiary/aromatic N) is 2. The maximum Gasteiger partial charge on any atom is 0.337 e. The largest absolute Gasteiger partial charge is 0.465 e. The average Bonchev–Trinajstić information content (AvgIpc) is 3.11. The molecule has 0 aromatic heterocycles. The molecule has 0 saturated heterocycles. The van der Waals surface area contributed by atoms with Crippen molar-refractivity contribution in [2.45, 2.75) is 12.8 Å². The van der Waals surface area contributed by atoms with Gasteiger partial charge in [0.25, 0.3) is 5.91 Å². The van der Waals surface area contributed by atoms with Gasteiger partial charge in [-0.1, -0.05) is 12.1 Å². The molecule has 0 fully saturated rings. The molecule has 0 spiro atoms. The predicted molar refractivity (Wildman–Crippen MR) is 131 cm³/mol. The van der Waals surface area contributed by atoms with Crippen molar-refractivity contribution in [2.24, 2.45) is 0 Å². The summed E-state index contributed by atoms with van der Waals surface area (Å²) in [5.74, 6) is -0.563. The number of anilines is 3. The summed E-state index contributed by atoms with van der Waals surface area (Å²) in [5.41, 5.74) is 4.26. The van der Waals surface area contributed by atoms with Crippen molar-refractivity contribution in [3.05, 3.63) is 59.7 Å². The fourth-order valence-corrected chi connectivity index (χ4v) is 3.55. The van der Waals surface area contributed by atoms with Crippen LogP contribution in [0.3, 0.4) is 0 Å². The van der Waals surface area contributed by atoms with Crippen LogP contribution < -0.4 is 15.5 Å². The van der Waals surface area contributed by atoms with Gasteiger partial charge in [-0.25, -0.2) is 4.79 Å². The lowest BCUT2D eigenvalue weighted by Gasteiger charge is -2.20. The number of carbonyl (C=O) groups excluding carboxylic acids is 3. The second kappa shape index (κ2) is 10.8. The Bertz CT molecular complexity index is 1060. The Kier molecular flexibility index (Phi) is 7.84. The standard InChI is InChI=1S/C25H30N4O4/c1-28(2)16-23(30)29(3)19-11-9-18(10-12-19)26-14-6-5-7-21-20-13-8-17(25(32)33-4)15-22(20)27-24(21)31/h7-13,15,26H,5-6,14,16H2,1-4H3,(H,27,31). The van der Waals surface area contributed by atoms with Gasteiger partial charge in [0.2, 0.25) is 5.91 Å². The van der Waals surface area contributed by atoms with Crippen LogP contribution >= 0.6 is 0 Å². The molecule has 0 saturated carbocycles. The third-order valence-electron chi connectivity index (χ3n) is 5.36. The van der Waals surface area contributed by atoms with Crippen molar-refractivity contribution < 1.29 is 19.1 Å². The highest BCUT2D eigenvalue weighted by Crippen LogP contribution is 2.33. The van der Waals surface area contributed by atoms with E-state index in [9.17, 15) is 14.4 Å². The predicted octanol–water partition coefficient (Wildman–Crippen LogP) is 3.23. The summed E-state index contributed by atoms with van der Waals surface area (Å²) in [4.78, 5) is 39.7. The van der Waals surface area contributed by atoms with Crippen LogP contribution in [0.15, 0.2) is 48.5 Å². The van der Waals surface area contributed by atoms with Crippen LogP contribution in [-0.4, -0.2) is 64.0 Å². The first-order valence-corrected chi connectivity index (χ1v) is 10.8. The number of unbranched alkanes of at least 4 members (excludes halogenated alkanes) is 1. The van der Waals surface area contributed by atoms with Crippen molar-refractivity contribution in [3.63, 3.8) is 0 Å². The van der Waals surface area contributed by atoms with Crippen molar-refractivity contribution in [1.82, 2.24) is 4.90 Å². The quantitative estimate of drug-likeness (QED) is 0.346. The molecule has 2 aromatic carbocycles. The van der Waals surface area contributed by atoms with Crippen LogP contribution in [-0.2, 0) is 14.3 Å². The number of rotatable bonds is 9. The van der Waals surface area contributed by atoms with E-state index >= 15 is 0 Å². The highest BCUT2D eigenvalue weighted by Gasteiger charge is 2.24. The zero-order chi connectivity index (χ0) is 24.0. The molecule has 0 radical (unpaired) electrons. The number of hydrogen-bond donors (Lipinski definition) is 2. The van der Waals surface area contributed by atoms with Gasteiger partial charge in [0, 0.05) is 41.8 Å². The summed E-state index contributed by atoms with van der Waals surface area (Å²) >= 11 is 0. The third-order valence-corrected chi connectivity index (χ3v) is 5.36. The Morgan fingerprint density at radius 3 is 2.48 bits per heavy atom. The van der Waals surface area contributed by atoms with E-state index in [1.807, 2.05) is 49.3 Å². The minimum absolute atomic E-state index is 0.0350. The molecule has 0 atom stereocenters. The third kappa shape index (κ3) is 5.98.